The van der Waals surface area contributed by atoms with Crippen LogP contribution in [0, 0.1) is 0 Å². The molecule has 9 heteroatoms. The van der Waals surface area contributed by atoms with Crippen molar-refractivity contribution in [1.82, 2.24) is 0 Å². The third-order valence-electron chi connectivity index (χ3n) is 5.32. The number of fused-ring (bicyclic) bond motifs is 1. The van der Waals surface area contributed by atoms with Gasteiger partial charge in [0.05, 0.1) is 35.5 Å². The summed E-state index contributed by atoms with van der Waals surface area (Å²) in [7, 11) is -1.04. The summed E-state index contributed by atoms with van der Waals surface area (Å²) in [4.78, 5) is 12.4. The van der Waals surface area contributed by atoms with E-state index in [1.807, 2.05) is 36.4 Å². The maximum atomic E-state index is 13.3. The fourth-order valence-corrected chi connectivity index (χ4v) is 5.71. The number of carbonyl (C=O) groups excluding carboxylic acids is 1. The lowest BCUT2D eigenvalue weighted by Crippen LogP contribution is -2.13. The van der Waals surface area contributed by atoms with E-state index in [0.29, 0.717) is 26.7 Å². The number of sulfonamides is 1. The normalized spacial score (nSPS) is 11.3. The largest absolute Gasteiger partial charge is 0.495 e. The summed E-state index contributed by atoms with van der Waals surface area (Å²) < 4.78 is 39.6. The molecule has 0 aromatic heterocycles. The average molecular weight is 528 g/mol. The number of carbonyl (C=O) groups is 1. The lowest BCUT2D eigenvalue weighted by atomic mass is 10.1. The molecule has 0 aliphatic rings. The van der Waals surface area contributed by atoms with Crippen LogP contribution in [-0.4, -0.2) is 34.4 Å². The number of rotatable bonds is 8. The quantitative estimate of drug-likeness (QED) is 0.216. The van der Waals surface area contributed by atoms with Gasteiger partial charge in [0.1, 0.15) is 5.75 Å². The summed E-state index contributed by atoms with van der Waals surface area (Å²) in [6, 6.07) is 22.9. The predicted octanol–water partition coefficient (Wildman–Crippen LogP) is 6.23. The zero-order valence-electron chi connectivity index (χ0n) is 18.9. The highest BCUT2D eigenvalue weighted by Gasteiger charge is 2.20. The van der Waals surface area contributed by atoms with Crippen LogP contribution in [0.2, 0.25) is 5.02 Å². The van der Waals surface area contributed by atoms with Crippen LogP contribution < -0.4 is 9.46 Å². The monoisotopic (exact) mass is 527 g/mol. The molecule has 4 aromatic rings. The third-order valence-corrected chi connectivity index (χ3v) is 7.95. The molecule has 0 aliphatic carbocycles. The molecule has 4 aromatic carbocycles. The Morgan fingerprint density at radius 3 is 2.11 bits per heavy atom. The molecule has 0 bridgehead atoms. The van der Waals surface area contributed by atoms with Gasteiger partial charge in [0, 0.05) is 15.8 Å². The number of hydrogen-bond donors (Lipinski definition) is 1. The van der Waals surface area contributed by atoms with Gasteiger partial charge in [0.2, 0.25) is 0 Å². The topological polar surface area (TPSA) is 81.7 Å². The van der Waals surface area contributed by atoms with Crippen molar-refractivity contribution in [2.75, 3.05) is 24.7 Å². The van der Waals surface area contributed by atoms with Crippen LogP contribution in [0.5, 0.6) is 5.75 Å². The zero-order chi connectivity index (χ0) is 25.0. The highest BCUT2D eigenvalue weighted by Crippen LogP contribution is 2.41. The molecule has 1 N–H and O–H groups in total. The van der Waals surface area contributed by atoms with Crippen molar-refractivity contribution in [3.05, 3.63) is 83.9 Å². The van der Waals surface area contributed by atoms with Gasteiger partial charge in [-0.2, -0.15) is 0 Å². The summed E-state index contributed by atoms with van der Waals surface area (Å²) in [6.45, 7) is 0. The molecule has 6 nitrogen and oxygen atoms in total. The number of hydrogen-bond acceptors (Lipinski definition) is 6. The Morgan fingerprint density at radius 2 is 1.51 bits per heavy atom. The van der Waals surface area contributed by atoms with Gasteiger partial charge in [-0.1, -0.05) is 60.1 Å². The van der Waals surface area contributed by atoms with E-state index in [1.54, 1.807) is 42.5 Å². The average Bonchev–Trinajstić information content (AvgIpc) is 2.87. The molecule has 0 atom stereocenters. The number of halogens is 1. The molecule has 0 saturated heterocycles. The van der Waals surface area contributed by atoms with Gasteiger partial charge in [-0.15, -0.1) is 11.8 Å². The Morgan fingerprint density at radius 1 is 0.914 bits per heavy atom. The second-order valence-corrected chi connectivity index (χ2v) is 10.6. The molecule has 35 heavy (non-hydrogen) atoms. The zero-order valence-corrected chi connectivity index (χ0v) is 21.3. The number of thioether (sulfide) groups is 1. The first-order valence-electron chi connectivity index (χ1n) is 10.5. The number of esters is 1. The van der Waals surface area contributed by atoms with Crippen molar-refractivity contribution >= 4 is 55.8 Å². The van der Waals surface area contributed by atoms with Crippen LogP contribution in [0.1, 0.15) is 0 Å². The fourth-order valence-electron chi connectivity index (χ4n) is 3.59. The van der Waals surface area contributed by atoms with E-state index >= 15 is 0 Å². The fraction of sp³-hybridized carbons (Fsp3) is 0.115. The molecular formula is C26H22ClNO5S2. The van der Waals surface area contributed by atoms with Crippen LogP contribution in [0.25, 0.3) is 21.9 Å². The van der Waals surface area contributed by atoms with Gasteiger partial charge in [-0.3, -0.25) is 9.52 Å². The number of ether oxygens (including phenoxy) is 2. The van der Waals surface area contributed by atoms with E-state index in [2.05, 4.69) is 4.72 Å². The van der Waals surface area contributed by atoms with E-state index in [-0.39, 0.29) is 10.6 Å². The minimum Gasteiger partial charge on any atom is -0.495 e. The van der Waals surface area contributed by atoms with E-state index < -0.39 is 16.0 Å². The van der Waals surface area contributed by atoms with Crippen LogP contribution in [0.15, 0.2) is 88.7 Å². The van der Waals surface area contributed by atoms with Crippen LogP contribution in [0.4, 0.5) is 5.69 Å². The lowest BCUT2D eigenvalue weighted by Gasteiger charge is -2.17. The van der Waals surface area contributed by atoms with Crippen molar-refractivity contribution in [2.24, 2.45) is 0 Å². The van der Waals surface area contributed by atoms with Gasteiger partial charge in [0.15, 0.2) is 0 Å². The smallest absolute Gasteiger partial charge is 0.315 e. The second kappa shape index (κ2) is 10.6. The van der Waals surface area contributed by atoms with Crippen LogP contribution in [0.3, 0.4) is 0 Å². The van der Waals surface area contributed by atoms with E-state index in [9.17, 15) is 13.2 Å². The third kappa shape index (κ3) is 5.56. The molecule has 180 valence electrons. The van der Waals surface area contributed by atoms with E-state index in [4.69, 9.17) is 21.1 Å². The van der Waals surface area contributed by atoms with Gasteiger partial charge in [-0.05, 0) is 41.5 Å². The summed E-state index contributed by atoms with van der Waals surface area (Å²) in [5.74, 6) is 0.224. The summed E-state index contributed by atoms with van der Waals surface area (Å²) in [6.07, 6.45) is 0. The Bertz CT molecular complexity index is 1470. The lowest BCUT2D eigenvalue weighted by molar-refractivity contribution is -0.137. The minimum atomic E-state index is -3.90. The molecule has 0 amide bonds. The Kier molecular flexibility index (Phi) is 7.54. The van der Waals surface area contributed by atoms with Crippen LogP contribution in [-0.2, 0) is 19.6 Å². The first-order valence-corrected chi connectivity index (χ1v) is 13.3. The standard InChI is InChI=1S/C26H22ClNO5S2/c1-32-25(29)16-34-24-15-23(21-5-3-4-6-22(21)26(24)33-2)28-35(30,31)20-13-9-18(10-14-20)17-7-11-19(27)12-8-17/h3-15,28H,16H2,1-2H3. The molecule has 0 saturated carbocycles. The first-order chi connectivity index (χ1) is 16.8. The molecular weight excluding hydrogens is 506 g/mol. The maximum absolute atomic E-state index is 13.3. The van der Waals surface area contributed by atoms with Crippen LogP contribution >= 0.6 is 23.4 Å². The molecule has 0 aliphatic heterocycles. The Hall–Kier alpha value is -3.20. The van der Waals surface area contributed by atoms with Crippen molar-refractivity contribution < 1.29 is 22.7 Å². The Balaban J connectivity index is 1.69. The predicted molar refractivity (Wildman–Crippen MR) is 141 cm³/mol. The molecule has 0 heterocycles. The number of nitrogens with one attached hydrogen (secondary N) is 1. The highest BCUT2D eigenvalue weighted by atomic mass is 35.5. The van der Waals surface area contributed by atoms with Gasteiger partial charge in [0.25, 0.3) is 10.0 Å². The summed E-state index contributed by atoms with van der Waals surface area (Å²) in [5.41, 5.74) is 2.19. The summed E-state index contributed by atoms with van der Waals surface area (Å²) >= 11 is 7.17. The highest BCUT2D eigenvalue weighted by molar-refractivity contribution is 8.00. The molecule has 4 rings (SSSR count). The van der Waals surface area contributed by atoms with Crippen molar-refractivity contribution in [3.63, 3.8) is 0 Å². The van der Waals surface area contributed by atoms with E-state index in [0.717, 1.165) is 16.5 Å². The van der Waals surface area contributed by atoms with E-state index in [1.165, 1.54) is 26.0 Å². The SMILES string of the molecule is COC(=O)CSc1cc(NS(=O)(=O)c2ccc(-c3ccc(Cl)cc3)cc2)c2ccccc2c1OC. The van der Waals surface area contributed by atoms with Crippen molar-refractivity contribution in [1.29, 1.82) is 0 Å². The van der Waals surface area contributed by atoms with Gasteiger partial charge < -0.3 is 9.47 Å². The number of anilines is 1. The minimum absolute atomic E-state index is 0.0591. The molecule has 0 fully saturated rings. The van der Waals surface area contributed by atoms with Gasteiger partial charge >= 0.3 is 5.97 Å². The second-order valence-electron chi connectivity index (χ2n) is 7.50. The van der Waals surface area contributed by atoms with Gasteiger partial charge in [-0.25, -0.2) is 8.42 Å². The molecule has 0 spiro atoms. The maximum Gasteiger partial charge on any atom is 0.315 e. The molecule has 0 unspecified atom stereocenters. The Labute approximate surface area is 213 Å². The molecule has 0 radical (unpaired) electrons. The number of benzene rings is 4. The number of methoxy groups -OCH3 is 2. The summed E-state index contributed by atoms with van der Waals surface area (Å²) in [5, 5.41) is 2.03. The first kappa shape index (κ1) is 24.9. The van der Waals surface area contributed by atoms with Crippen molar-refractivity contribution in [2.45, 2.75) is 9.79 Å². The van der Waals surface area contributed by atoms with Crippen molar-refractivity contribution in [3.8, 4) is 16.9 Å².